The molecule has 0 N–H and O–H groups in total. The van der Waals surface area contributed by atoms with E-state index in [0.717, 1.165) is 0 Å². The smallest absolute Gasteiger partial charge is 0.0203 e. The fraction of sp³-hybridized carbons (Fsp3) is 0.500. The lowest BCUT2D eigenvalue weighted by molar-refractivity contribution is 1.19. The van der Waals surface area contributed by atoms with E-state index in [0.29, 0.717) is 0 Å². The summed E-state index contributed by atoms with van der Waals surface area (Å²) in [6.07, 6.45) is 5.88. The Labute approximate surface area is 38.9 Å². The average Bonchev–Trinajstić information content (AvgIpc) is 2.21. The Hall–Kier alpha value is -0.260. The molecular formula is C6H9. The van der Waals surface area contributed by atoms with Crippen LogP contribution in [0.2, 0.25) is 0 Å². The van der Waals surface area contributed by atoms with Crippen molar-refractivity contribution in [3.05, 3.63) is 18.6 Å². The van der Waals surface area contributed by atoms with E-state index < -0.39 is 0 Å². The predicted octanol–water partition coefficient (Wildman–Crippen LogP) is 1.93. The van der Waals surface area contributed by atoms with Gasteiger partial charge in [0, 0.05) is 0 Å². The Balaban J connectivity index is 2.00. The van der Waals surface area contributed by atoms with Crippen molar-refractivity contribution in [2.45, 2.75) is 19.3 Å². The van der Waals surface area contributed by atoms with E-state index in [1.54, 1.807) is 5.92 Å². The van der Waals surface area contributed by atoms with Gasteiger partial charge in [0.15, 0.2) is 0 Å². The fourth-order valence-corrected chi connectivity index (χ4v) is 0.497. The molecule has 0 heteroatoms. The van der Waals surface area contributed by atoms with Gasteiger partial charge in [0.1, 0.15) is 0 Å². The maximum Gasteiger partial charge on any atom is -0.0203 e. The largest absolute Gasteiger partial charge is 0.103 e. The van der Waals surface area contributed by atoms with Crippen LogP contribution >= 0.6 is 0 Å². The van der Waals surface area contributed by atoms with Crippen LogP contribution in [0.3, 0.4) is 0 Å². The molecule has 1 aliphatic carbocycles. The van der Waals surface area contributed by atoms with Crippen molar-refractivity contribution in [2.24, 2.45) is 0 Å². The summed E-state index contributed by atoms with van der Waals surface area (Å²) >= 11 is 0. The van der Waals surface area contributed by atoms with Gasteiger partial charge in [-0.3, -0.25) is 0 Å². The zero-order valence-corrected chi connectivity index (χ0v) is 3.91. The standard InChI is InChI=1S/C6H9/c1-2-3-6-4-5-6/h2H,1,3-5H2. The van der Waals surface area contributed by atoms with Crippen LogP contribution in [0.1, 0.15) is 19.3 Å². The third-order valence-electron chi connectivity index (χ3n) is 1.04. The molecule has 0 unspecified atom stereocenters. The normalized spacial score (nSPS) is 20.7. The highest BCUT2D eigenvalue weighted by molar-refractivity contribution is 5.08. The number of hydrogen-bond donors (Lipinski definition) is 0. The second-order valence-corrected chi connectivity index (χ2v) is 1.74. The van der Waals surface area contributed by atoms with Gasteiger partial charge in [-0.1, -0.05) is 6.08 Å². The molecule has 0 aliphatic heterocycles. The van der Waals surface area contributed by atoms with Gasteiger partial charge in [0.25, 0.3) is 0 Å². The molecule has 1 aliphatic rings. The third-order valence-corrected chi connectivity index (χ3v) is 1.04. The Kier molecular flexibility index (Phi) is 0.952. The Morgan fingerprint density at radius 2 is 2.33 bits per heavy atom. The van der Waals surface area contributed by atoms with E-state index in [2.05, 4.69) is 6.58 Å². The van der Waals surface area contributed by atoms with Crippen LogP contribution in [-0.4, -0.2) is 0 Å². The molecule has 0 bridgehead atoms. The quantitative estimate of drug-likeness (QED) is 0.445. The van der Waals surface area contributed by atoms with Crippen LogP contribution in [-0.2, 0) is 0 Å². The SMILES string of the molecule is C=CC[C]1CC1. The lowest BCUT2D eigenvalue weighted by Gasteiger charge is -1.76. The van der Waals surface area contributed by atoms with Gasteiger partial charge >= 0.3 is 0 Å². The van der Waals surface area contributed by atoms with Crippen molar-refractivity contribution in [3.63, 3.8) is 0 Å². The van der Waals surface area contributed by atoms with Gasteiger partial charge in [-0.25, -0.2) is 0 Å². The molecular weight excluding hydrogens is 72.1 g/mol. The highest BCUT2D eigenvalue weighted by Gasteiger charge is 2.19. The Morgan fingerprint density at radius 1 is 1.67 bits per heavy atom. The fourth-order valence-electron chi connectivity index (χ4n) is 0.497. The number of allylic oxidation sites excluding steroid dienone is 1. The molecule has 0 aromatic rings. The molecule has 1 radical (unpaired) electrons. The van der Waals surface area contributed by atoms with Crippen LogP contribution in [0, 0.1) is 5.92 Å². The maximum absolute atomic E-state index is 3.62. The van der Waals surface area contributed by atoms with Crippen LogP contribution in [0.5, 0.6) is 0 Å². The first kappa shape index (κ1) is 3.91. The summed E-state index contributed by atoms with van der Waals surface area (Å²) in [5.41, 5.74) is 0. The predicted molar refractivity (Wildman–Crippen MR) is 27.3 cm³/mol. The van der Waals surface area contributed by atoms with Crippen LogP contribution in [0.15, 0.2) is 12.7 Å². The topological polar surface area (TPSA) is 0 Å². The van der Waals surface area contributed by atoms with E-state index in [4.69, 9.17) is 0 Å². The zero-order chi connectivity index (χ0) is 4.41. The minimum absolute atomic E-state index is 1.17. The molecule has 0 spiro atoms. The summed E-state index contributed by atoms with van der Waals surface area (Å²) in [6, 6.07) is 0. The molecule has 1 saturated carbocycles. The van der Waals surface area contributed by atoms with Crippen molar-refractivity contribution in [2.75, 3.05) is 0 Å². The average molecular weight is 81.1 g/mol. The van der Waals surface area contributed by atoms with Gasteiger partial charge in [0.2, 0.25) is 0 Å². The molecule has 0 saturated heterocycles. The first-order valence-corrected chi connectivity index (χ1v) is 2.38. The summed E-state index contributed by atoms with van der Waals surface area (Å²) < 4.78 is 0. The highest BCUT2D eigenvalue weighted by atomic mass is 14.2. The summed E-state index contributed by atoms with van der Waals surface area (Å²) in [6.45, 7) is 3.62. The summed E-state index contributed by atoms with van der Waals surface area (Å²) in [5, 5.41) is 0. The van der Waals surface area contributed by atoms with Gasteiger partial charge < -0.3 is 0 Å². The molecule has 33 valence electrons. The highest BCUT2D eigenvalue weighted by Crippen LogP contribution is 2.34. The molecule has 1 rings (SSSR count). The number of hydrogen-bond acceptors (Lipinski definition) is 0. The van der Waals surface area contributed by atoms with Crippen LogP contribution < -0.4 is 0 Å². The van der Waals surface area contributed by atoms with Crippen molar-refractivity contribution < 1.29 is 0 Å². The Morgan fingerprint density at radius 3 is 2.50 bits per heavy atom. The molecule has 0 heterocycles. The minimum atomic E-state index is 1.17. The van der Waals surface area contributed by atoms with E-state index in [1.165, 1.54) is 19.3 Å². The van der Waals surface area contributed by atoms with Gasteiger partial charge in [-0.05, 0) is 25.2 Å². The summed E-state index contributed by atoms with van der Waals surface area (Å²) in [4.78, 5) is 0. The molecule has 0 amide bonds. The molecule has 0 aromatic carbocycles. The second kappa shape index (κ2) is 1.46. The van der Waals surface area contributed by atoms with E-state index in [9.17, 15) is 0 Å². The van der Waals surface area contributed by atoms with E-state index >= 15 is 0 Å². The monoisotopic (exact) mass is 81.1 g/mol. The lowest BCUT2D eigenvalue weighted by atomic mass is 10.3. The van der Waals surface area contributed by atoms with E-state index in [-0.39, 0.29) is 0 Å². The van der Waals surface area contributed by atoms with Gasteiger partial charge in [-0.15, -0.1) is 6.58 Å². The van der Waals surface area contributed by atoms with Crippen molar-refractivity contribution >= 4 is 0 Å². The summed E-state index contributed by atoms with van der Waals surface area (Å²) in [7, 11) is 0. The van der Waals surface area contributed by atoms with Crippen molar-refractivity contribution in [1.29, 1.82) is 0 Å². The van der Waals surface area contributed by atoms with Crippen molar-refractivity contribution in [1.82, 2.24) is 0 Å². The third kappa shape index (κ3) is 0.852. The van der Waals surface area contributed by atoms with Crippen molar-refractivity contribution in [3.8, 4) is 0 Å². The maximum atomic E-state index is 3.62. The lowest BCUT2D eigenvalue weighted by Crippen LogP contribution is -1.59. The second-order valence-electron chi connectivity index (χ2n) is 1.74. The van der Waals surface area contributed by atoms with E-state index in [1.807, 2.05) is 6.08 Å². The molecule has 6 heavy (non-hydrogen) atoms. The zero-order valence-electron chi connectivity index (χ0n) is 3.91. The summed E-state index contributed by atoms with van der Waals surface area (Å²) in [5.74, 6) is 1.67. The first-order valence-electron chi connectivity index (χ1n) is 2.38. The van der Waals surface area contributed by atoms with Crippen LogP contribution in [0.4, 0.5) is 0 Å². The van der Waals surface area contributed by atoms with Crippen LogP contribution in [0.25, 0.3) is 0 Å². The molecule has 0 atom stereocenters. The van der Waals surface area contributed by atoms with Gasteiger partial charge in [0.05, 0.1) is 0 Å². The number of rotatable bonds is 2. The minimum Gasteiger partial charge on any atom is -0.103 e. The molecule has 1 fully saturated rings. The first-order chi connectivity index (χ1) is 2.93. The molecule has 0 nitrogen and oxygen atoms in total. The molecule has 0 aromatic heterocycles. The Bertz CT molecular complexity index is 51.1. The van der Waals surface area contributed by atoms with Gasteiger partial charge in [-0.2, -0.15) is 0 Å².